The van der Waals surface area contributed by atoms with Gasteiger partial charge in [-0.15, -0.1) is 0 Å². The van der Waals surface area contributed by atoms with Crippen LogP contribution in [0, 0.1) is 12.8 Å². The fourth-order valence-electron chi connectivity index (χ4n) is 3.95. The van der Waals surface area contributed by atoms with E-state index in [1.165, 1.54) is 5.56 Å². The Balaban J connectivity index is 1.61. The summed E-state index contributed by atoms with van der Waals surface area (Å²) >= 11 is 0. The van der Waals surface area contributed by atoms with E-state index >= 15 is 0 Å². The van der Waals surface area contributed by atoms with Crippen molar-refractivity contribution in [2.75, 3.05) is 44.5 Å². The van der Waals surface area contributed by atoms with Crippen molar-refractivity contribution in [3.05, 3.63) is 41.2 Å². The van der Waals surface area contributed by atoms with E-state index in [0.717, 1.165) is 63.4 Å². The highest BCUT2D eigenvalue weighted by molar-refractivity contribution is 7.92. The van der Waals surface area contributed by atoms with Crippen molar-refractivity contribution in [3.8, 4) is 0 Å². The largest absolute Gasteiger partial charge is 0.304 e. The first kappa shape index (κ1) is 23.8. The number of anilines is 1. The Bertz CT molecular complexity index is 959. The molecule has 0 unspecified atom stereocenters. The van der Waals surface area contributed by atoms with E-state index in [1.54, 1.807) is 16.8 Å². The Morgan fingerprint density at radius 2 is 1.71 bits per heavy atom. The lowest BCUT2D eigenvalue weighted by molar-refractivity contribution is 0.153. The molecular weight excluding hydrogens is 410 g/mol. The molecule has 172 valence electrons. The molecule has 0 bridgehead atoms. The Kier molecular flexibility index (Phi) is 7.78. The zero-order chi connectivity index (χ0) is 22.6. The second-order valence-corrected chi connectivity index (χ2v) is 10.8. The number of piperazine rings is 1. The second kappa shape index (κ2) is 10.1. The molecule has 0 atom stereocenters. The number of rotatable bonds is 9. The number of benzene rings is 1. The third-order valence-corrected chi connectivity index (χ3v) is 7.38. The van der Waals surface area contributed by atoms with E-state index in [4.69, 9.17) is 0 Å². The number of aromatic nitrogens is 2. The van der Waals surface area contributed by atoms with Crippen molar-refractivity contribution in [2.24, 2.45) is 13.0 Å². The summed E-state index contributed by atoms with van der Waals surface area (Å²) in [5, 5.41) is 4.50. The zero-order valence-electron chi connectivity index (χ0n) is 19.6. The van der Waals surface area contributed by atoms with E-state index in [2.05, 4.69) is 40.5 Å². The number of hydrogen-bond acceptors (Lipinski definition) is 5. The van der Waals surface area contributed by atoms with Gasteiger partial charge in [0.2, 0.25) is 0 Å². The van der Waals surface area contributed by atoms with Crippen LogP contribution in [0.15, 0.2) is 29.2 Å². The van der Waals surface area contributed by atoms with Crippen LogP contribution in [0.25, 0.3) is 0 Å². The maximum atomic E-state index is 13.0. The summed E-state index contributed by atoms with van der Waals surface area (Å²) in [6, 6.07) is 7.29. The molecule has 0 amide bonds. The molecule has 2 heterocycles. The third-order valence-electron chi connectivity index (χ3n) is 6.01. The van der Waals surface area contributed by atoms with Crippen LogP contribution in [0.2, 0.25) is 0 Å². The first-order chi connectivity index (χ1) is 14.7. The molecule has 1 fully saturated rings. The fraction of sp³-hybridized carbons (Fsp3) is 0.609. The van der Waals surface area contributed by atoms with Crippen molar-refractivity contribution in [1.29, 1.82) is 0 Å². The Morgan fingerprint density at radius 3 is 2.32 bits per heavy atom. The molecule has 1 aliphatic rings. The van der Waals surface area contributed by atoms with Crippen molar-refractivity contribution >= 4 is 15.7 Å². The summed E-state index contributed by atoms with van der Waals surface area (Å²) in [6.07, 6.45) is 2.77. The van der Waals surface area contributed by atoms with E-state index < -0.39 is 10.0 Å². The predicted octanol–water partition coefficient (Wildman–Crippen LogP) is 2.91. The number of likely N-dealkylation sites (N-methyl/N-ethyl adjacent to an activating group) is 1. The maximum absolute atomic E-state index is 13.0. The lowest BCUT2D eigenvalue weighted by atomic mass is 10.1. The molecule has 1 aliphatic heterocycles. The molecule has 0 spiro atoms. The molecule has 8 heteroatoms. The van der Waals surface area contributed by atoms with Crippen molar-refractivity contribution in [2.45, 2.75) is 44.9 Å². The second-order valence-electron chi connectivity index (χ2n) is 9.13. The summed E-state index contributed by atoms with van der Waals surface area (Å²) in [5.74, 6) is 0.391. The molecule has 1 aromatic carbocycles. The third kappa shape index (κ3) is 6.30. The van der Waals surface area contributed by atoms with Crippen LogP contribution in [0.4, 0.5) is 5.69 Å². The van der Waals surface area contributed by atoms with Gasteiger partial charge in [-0.3, -0.25) is 9.40 Å². The van der Waals surface area contributed by atoms with E-state index in [-0.39, 0.29) is 4.90 Å². The van der Waals surface area contributed by atoms with Crippen molar-refractivity contribution in [3.63, 3.8) is 0 Å². The highest BCUT2D eigenvalue weighted by Crippen LogP contribution is 2.25. The normalized spacial score (nSPS) is 16.2. The molecule has 0 aliphatic carbocycles. The van der Waals surface area contributed by atoms with Crippen LogP contribution in [0.1, 0.15) is 37.2 Å². The average molecular weight is 448 g/mol. The Hall–Kier alpha value is -1.90. The van der Waals surface area contributed by atoms with E-state index in [0.29, 0.717) is 11.6 Å². The van der Waals surface area contributed by atoms with E-state index in [1.807, 2.05) is 26.1 Å². The number of aryl methyl sites for hydroxylation is 2. The van der Waals surface area contributed by atoms with Gasteiger partial charge in [0.15, 0.2) is 0 Å². The Morgan fingerprint density at radius 1 is 1.06 bits per heavy atom. The zero-order valence-corrected chi connectivity index (χ0v) is 20.4. The monoisotopic (exact) mass is 447 g/mol. The van der Waals surface area contributed by atoms with Gasteiger partial charge in [0.1, 0.15) is 0 Å². The van der Waals surface area contributed by atoms with Gasteiger partial charge in [-0.2, -0.15) is 5.10 Å². The van der Waals surface area contributed by atoms with Crippen LogP contribution in [-0.4, -0.2) is 67.8 Å². The van der Waals surface area contributed by atoms with Crippen molar-refractivity contribution in [1.82, 2.24) is 19.6 Å². The first-order valence-electron chi connectivity index (χ1n) is 11.2. The van der Waals surface area contributed by atoms with Gasteiger partial charge < -0.3 is 9.80 Å². The van der Waals surface area contributed by atoms with Crippen LogP contribution in [-0.2, 0) is 29.9 Å². The summed E-state index contributed by atoms with van der Waals surface area (Å²) in [7, 11) is 0.354. The molecular formula is C23H37N5O2S. The van der Waals surface area contributed by atoms with Gasteiger partial charge in [-0.1, -0.05) is 26.0 Å². The van der Waals surface area contributed by atoms with Crippen LogP contribution < -0.4 is 4.72 Å². The summed E-state index contributed by atoms with van der Waals surface area (Å²) in [4.78, 5) is 5.16. The summed E-state index contributed by atoms with van der Waals surface area (Å²) in [5.41, 5.74) is 3.39. The summed E-state index contributed by atoms with van der Waals surface area (Å²) < 4.78 is 30.5. The van der Waals surface area contributed by atoms with Crippen molar-refractivity contribution < 1.29 is 8.42 Å². The van der Waals surface area contributed by atoms with Gasteiger partial charge in [-0.05, 0) is 63.4 Å². The highest BCUT2D eigenvalue weighted by atomic mass is 32.2. The van der Waals surface area contributed by atoms with Crippen LogP contribution >= 0.6 is 0 Å². The molecule has 0 saturated carbocycles. The predicted molar refractivity (Wildman–Crippen MR) is 126 cm³/mol. The SMILES string of the molecule is Cc1c(NS(=O)(=O)c2ccc(CCCN3CCN(C)CC3)cc2)c(CC(C)C)nn1C. The molecule has 31 heavy (non-hydrogen) atoms. The Labute approximate surface area is 187 Å². The smallest absolute Gasteiger partial charge is 0.262 e. The topological polar surface area (TPSA) is 70.5 Å². The number of sulfonamides is 1. The highest BCUT2D eigenvalue weighted by Gasteiger charge is 2.21. The number of hydrogen-bond donors (Lipinski definition) is 1. The minimum atomic E-state index is -3.66. The molecule has 2 aromatic rings. The van der Waals surface area contributed by atoms with Gasteiger partial charge in [0, 0.05) is 33.2 Å². The molecule has 0 radical (unpaired) electrons. The summed E-state index contributed by atoms with van der Waals surface area (Å²) in [6.45, 7) is 11.7. The molecule has 1 saturated heterocycles. The number of nitrogens with one attached hydrogen (secondary N) is 1. The minimum Gasteiger partial charge on any atom is -0.304 e. The lowest BCUT2D eigenvalue weighted by Crippen LogP contribution is -2.44. The lowest BCUT2D eigenvalue weighted by Gasteiger charge is -2.32. The molecule has 1 aromatic heterocycles. The van der Waals surface area contributed by atoms with Gasteiger partial charge >= 0.3 is 0 Å². The first-order valence-corrected chi connectivity index (χ1v) is 12.7. The minimum absolute atomic E-state index is 0.286. The molecule has 1 N–H and O–H groups in total. The van der Waals surface area contributed by atoms with Gasteiger partial charge in [-0.25, -0.2) is 8.42 Å². The fourth-order valence-corrected chi connectivity index (χ4v) is 5.09. The van der Waals surface area contributed by atoms with E-state index in [9.17, 15) is 8.42 Å². The van der Waals surface area contributed by atoms with Gasteiger partial charge in [0.05, 0.1) is 22.0 Å². The standard InChI is InChI=1S/C23H37N5O2S/c1-18(2)17-22-23(19(3)27(5)24-22)25-31(29,30)21-10-8-20(9-11-21)7-6-12-28-15-13-26(4)14-16-28/h8-11,18,25H,6-7,12-17H2,1-5H3. The van der Waals surface area contributed by atoms with Crippen LogP contribution in [0.3, 0.4) is 0 Å². The van der Waals surface area contributed by atoms with Gasteiger partial charge in [0.25, 0.3) is 10.0 Å². The molecule has 3 rings (SSSR count). The van der Waals surface area contributed by atoms with Crippen LogP contribution in [0.5, 0.6) is 0 Å². The molecule has 7 nitrogen and oxygen atoms in total. The number of nitrogens with zero attached hydrogens (tertiary/aromatic N) is 4. The maximum Gasteiger partial charge on any atom is 0.262 e. The average Bonchev–Trinajstić information content (AvgIpc) is 2.96. The quantitative estimate of drug-likeness (QED) is 0.640.